The van der Waals surface area contributed by atoms with Crippen LogP contribution in [0.3, 0.4) is 0 Å². The van der Waals surface area contributed by atoms with E-state index in [4.69, 9.17) is 5.73 Å². The van der Waals surface area contributed by atoms with Crippen molar-refractivity contribution in [3.63, 3.8) is 0 Å². The largest absolute Gasteiger partial charge is 0.399 e. The fourth-order valence-corrected chi connectivity index (χ4v) is 0.587. The van der Waals surface area contributed by atoms with Crippen LogP contribution in [0.25, 0.3) is 0 Å². The fourth-order valence-electron chi connectivity index (χ4n) is 0.587. The first-order chi connectivity index (χ1) is 4.80. The summed E-state index contributed by atoms with van der Waals surface area (Å²) in [5.74, 6) is 0. The molecule has 1 aromatic rings. The van der Waals surface area contributed by atoms with Crippen molar-refractivity contribution in [2.75, 3.05) is 5.73 Å². The van der Waals surface area contributed by atoms with Crippen LogP contribution in [0.5, 0.6) is 0 Å². The van der Waals surface area contributed by atoms with Crippen LogP contribution >= 0.6 is 0 Å². The van der Waals surface area contributed by atoms with Gasteiger partial charge in [0.25, 0.3) is 0 Å². The summed E-state index contributed by atoms with van der Waals surface area (Å²) >= 11 is 0. The van der Waals surface area contributed by atoms with E-state index in [0.717, 1.165) is 11.3 Å². The van der Waals surface area contributed by atoms with Gasteiger partial charge in [0.1, 0.15) is 0 Å². The molecular weight excluding hydrogens is 237 g/mol. The Balaban J connectivity index is -0.0000000761. The van der Waals surface area contributed by atoms with Gasteiger partial charge in [0, 0.05) is 38.4 Å². The van der Waals surface area contributed by atoms with E-state index in [9.17, 15) is 0 Å². The van der Waals surface area contributed by atoms with E-state index in [1.54, 1.807) is 0 Å². The minimum atomic E-state index is 0. The Hall–Kier alpha value is 0.0839. The molecule has 1 aromatic carbocycles. The second-order valence-corrected chi connectivity index (χ2v) is 1.86. The third-order valence-electron chi connectivity index (χ3n) is 1.19. The van der Waals surface area contributed by atoms with Gasteiger partial charge in [-0.05, 0) is 18.6 Å². The Labute approximate surface area is 108 Å². The molecule has 0 fully saturated rings. The molecule has 0 amide bonds. The number of anilines is 1. The number of hydrogen-bond donors (Lipinski definition) is 2. The van der Waals surface area contributed by atoms with Gasteiger partial charge in [-0.15, -0.1) is 0 Å². The molecule has 2 nitrogen and oxygen atoms in total. The van der Waals surface area contributed by atoms with E-state index in [-0.39, 0.29) is 46.3 Å². The molecule has 13 heavy (non-hydrogen) atoms. The van der Waals surface area contributed by atoms with E-state index in [1.807, 2.05) is 45.0 Å². The summed E-state index contributed by atoms with van der Waals surface area (Å²) in [6.07, 6.45) is 0. The Bertz CT molecular complexity index is 169. The van der Waals surface area contributed by atoms with Crippen LogP contribution < -0.4 is 11.9 Å². The first kappa shape index (κ1) is 23.2. The third-order valence-corrected chi connectivity index (χ3v) is 1.19. The van der Waals surface area contributed by atoms with E-state index in [2.05, 4.69) is 0 Å². The second kappa shape index (κ2) is 14.6. The zero-order valence-electron chi connectivity index (χ0n) is 9.17. The normalized spacial score (nSPS) is 6.08. The molecule has 0 saturated carbocycles. The monoisotopic (exact) mass is 258 g/mol. The van der Waals surface area contributed by atoms with Gasteiger partial charge in [0.15, 0.2) is 0 Å². The zero-order valence-corrected chi connectivity index (χ0v) is 12.0. The predicted octanol–water partition coefficient (Wildman–Crippen LogP) is 3.21. The van der Waals surface area contributed by atoms with Crippen molar-refractivity contribution in [2.24, 2.45) is 0 Å². The van der Waals surface area contributed by atoms with Crippen LogP contribution in [0.4, 0.5) is 5.69 Å². The van der Waals surface area contributed by atoms with E-state index in [1.165, 1.54) is 0 Å². The molecule has 75 valence electrons. The maximum atomic E-state index is 5.52. The van der Waals surface area contributed by atoms with Crippen LogP contribution in [-0.4, -0.2) is 0 Å². The smallest absolute Gasteiger partial charge is 0.0343 e. The molecule has 1 rings (SSSR count). The number of nitrogen functional groups attached to an aromatic ring is 1. The minimum Gasteiger partial charge on any atom is -0.399 e. The summed E-state index contributed by atoms with van der Waals surface area (Å²) in [7, 11) is 0. The number of aryl methyl sites for hydroxylation is 1. The van der Waals surface area contributed by atoms with Gasteiger partial charge in [-0.3, -0.25) is 0 Å². The first-order valence-electron chi connectivity index (χ1n) is 3.62. The number of hydrogen-bond acceptors (Lipinski definition) is 2. The molecule has 3 heteroatoms. The summed E-state index contributed by atoms with van der Waals surface area (Å²) in [6.45, 7) is 6.00. The summed E-state index contributed by atoms with van der Waals surface area (Å²) in [5, 5.41) is 0. The van der Waals surface area contributed by atoms with Gasteiger partial charge >= 0.3 is 0 Å². The Kier molecular flexibility index (Phi) is 26.0. The fraction of sp³-hybridized carbons (Fsp3) is 0.300. The molecule has 0 unspecified atom stereocenters. The van der Waals surface area contributed by atoms with Crippen LogP contribution in [-0.2, 0) is 32.7 Å². The number of benzene rings is 1. The molecule has 0 aliphatic carbocycles. The van der Waals surface area contributed by atoms with Gasteiger partial charge in [-0.25, -0.2) is 0 Å². The van der Waals surface area contributed by atoms with Gasteiger partial charge in [-0.1, -0.05) is 32.0 Å². The van der Waals surface area contributed by atoms with Crippen LogP contribution in [0, 0.1) is 14.4 Å². The average Bonchev–Trinajstić information content (AvgIpc) is 2.00. The van der Waals surface area contributed by atoms with E-state index < -0.39 is 0 Å². The predicted molar refractivity (Wildman–Crippen MR) is 58.4 cm³/mol. The van der Waals surface area contributed by atoms with Gasteiger partial charge in [-0.2, -0.15) is 0 Å². The molecule has 1 radical (unpaired) electrons. The maximum Gasteiger partial charge on any atom is 0.0343 e. The summed E-state index contributed by atoms with van der Waals surface area (Å²) < 4.78 is 0. The molecule has 0 aromatic heterocycles. The standard InChI is InChI=1S/C7H9N.C2H6.CH3.H3N.Y/c1-6-4-2-3-5-7(6)8;1-2;;;/h2-5H,8H2,1H3;1-2H3;2*1H3;/q;;-1;;. The first-order valence-corrected chi connectivity index (χ1v) is 3.62. The van der Waals surface area contributed by atoms with Gasteiger partial charge < -0.3 is 19.3 Å². The topological polar surface area (TPSA) is 61.0 Å². The maximum absolute atomic E-state index is 5.52. The van der Waals surface area contributed by atoms with Crippen molar-refractivity contribution in [2.45, 2.75) is 20.8 Å². The van der Waals surface area contributed by atoms with E-state index >= 15 is 0 Å². The molecule has 0 saturated heterocycles. The molecule has 0 aliphatic heterocycles. The van der Waals surface area contributed by atoms with Gasteiger partial charge in [0.05, 0.1) is 0 Å². The van der Waals surface area contributed by atoms with Crippen molar-refractivity contribution in [3.05, 3.63) is 37.3 Å². The number of para-hydroxylation sites is 1. The summed E-state index contributed by atoms with van der Waals surface area (Å²) in [6, 6.07) is 7.80. The Morgan fingerprint density at radius 3 is 1.69 bits per heavy atom. The van der Waals surface area contributed by atoms with Crippen molar-refractivity contribution < 1.29 is 32.7 Å². The Morgan fingerprint density at radius 2 is 1.46 bits per heavy atom. The van der Waals surface area contributed by atoms with Crippen LogP contribution in [0.1, 0.15) is 19.4 Å². The number of rotatable bonds is 0. The SMILES string of the molecule is CC.Cc1ccccc1N.N.[CH3-].[Y]. The Morgan fingerprint density at radius 1 is 1.08 bits per heavy atom. The molecule has 0 heterocycles. The zero-order chi connectivity index (χ0) is 7.98. The second-order valence-electron chi connectivity index (χ2n) is 1.86. The van der Waals surface area contributed by atoms with Crippen molar-refractivity contribution in [1.82, 2.24) is 6.15 Å². The molecule has 0 spiro atoms. The van der Waals surface area contributed by atoms with Crippen molar-refractivity contribution in [1.29, 1.82) is 0 Å². The summed E-state index contributed by atoms with van der Waals surface area (Å²) in [4.78, 5) is 0. The van der Waals surface area contributed by atoms with Crippen LogP contribution in [0.15, 0.2) is 24.3 Å². The van der Waals surface area contributed by atoms with Crippen molar-refractivity contribution in [3.8, 4) is 0 Å². The third kappa shape index (κ3) is 10.0. The minimum absolute atomic E-state index is 0. The molecule has 5 N–H and O–H groups in total. The quantitative estimate of drug-likeness (QED) is 0.554. The van der Waals surface area contributed by atoms with Crippen molar-refractivity contribution >= 4 is 5.69 Å². The number of nitrogens with two attached hydrogens (primary N) is 1. The molecular formula is C10H21N2Y-. The molecule has 0 aliphatic rings. The molecule has 0 atom stereocenters. The summed E-state index contributed by atoms with van der Waals surface area (Å²) in [5.41, 5.74) is 7.53. The van der Waals surface area contributed by atoms with Gasteiger partial charge in [0.2, 0.25) is 0 Å². The van der Waals surface area contributed by atoms with Crippen LogP contribution in [0.2, 0.25) is 0 Å². The average molecular weight is 258 g/mol. The molecule has 0 bridgehead atoms. The van der Waals surface area contributed by atoms with E-state index in [0.29, 0.717) is 0 Å².